The van der Waals surface area contributed by atoms with Gasteiger partial charge in [0.1, 0.15) is 0 Å². The van der Waals surface area contributed by atoms with E-state index in [2.05, 4.69) is 0 Å². The summed E-state index contributed by atoms with van der Waals surface area (Å²) in [4.78, 5) is 11.0. The lowest BCUT2D eigenvalue weighted by atomic mass is 9.92. The highest BCUT2D eigenvalue weighted by Crippen LogP contribution is 2.55. The van der Waals surface area contributed by atoms with Crippen LogP contribution < -0.4 is 9.47 Å². The summed E-state index contributed by atoms with van der Waals surface area (Å²) < 4.78 is 11.2. The molecule has 3 rings (SSSR count). The molecule has 0 spiro atoms. The maximum Gasteiger partial charge on any atom is 0.304 e. The molecule has 0 bridgehead atoms. The molecule has 5 heteroatoms. The van der Waals surface area contributed by atoms with Gasteiger partial charge in [-0.2, -0.15) is 0 Å². The van der Waals surface area contributed by atoms with Crippen molar-refractivity contribution in [2.75, 3.05) is 13.2 Å². The van der Waals surface area contributed by atoms with Crippen LogP contribution in [0.3, 0.4) is 0 Å². The molecule has 1 aliphatic heterocycles. The molecule has 0 saturated heterocycles. The van der Waals surface area contributed by atoms with Gasteiger partial charge in [0, 0.05) is 11.8 Å². The monoisotopic (exact) mass is 282 g/mol. The third-order valence-electron chi connectivity index (χ3n) is 3.77. The van der Waals surface area contributed by atoms with Gasteiger partial charge in [-0.25, -0.2) is 0 Å². The summed E-state index contributed by atoms with van der Waals surface area (Å²) >= 11 is 6.41. The highest BCUT2D eigenvalue weighted by Gasteiger charge is 2.48. The highest BCUT2D eigenvalue weighted by molar-refractivity contribution is 6.33. The maximum atomic E-state index is 11.0. The van der Waals surface area contributed by atoms with Crippen LogP contribution in [-0.4, -0.2) is 24.3 Å². The van der Waals surface area contributed by atoms with Gasteiger partial charge in [-0.1, -0.05) is 17.7 Å². The Labute approximate surface area is 116 Å². The Morgan fingerprint density at radius 2 is 2.05 bits per heavy atom. The van der Waals surface area contributed by atoms with Crippen molar-refractivity contribution in [3.63, 3.8) is 0 Å². The predicted molar refractivity (Wildman–Crippen MR) is 70.2 cm³/mol. The molecule has 1 aromatic rings. The van der Waals surface area contributed by atoms with Crippen molar-refractivity contribution in [2.24, 2.45) is 0 Å². The van der Waals surface area contributed by atoms with Crippen molar-refractivity contribution in [1.29, 1.82) is 0 Å². The van der Waals surface area contributed by atoms with Crippen molar-refractivity contribution in [3.05, 3.63) is 22.7 Å². The van der Waals surface area contributed by atoms with Gasteiger partial charge in [-0.05, 0) is 24.5 Å². The van der Waals surface area contributed by atoms with E-state index in [4.69, 9.17) is 26.2 Å². The number of aliphatic carboxylic acids is 1. The molecular weight excluding hydrogens is 268 g/mol. The fraction of sp³-hybridized carbons (Fsp3) is 0.500. The van der Waals surface area contributed by atoms with E-state index >= 15 is 0 Å². The second-order valence-corrected chi connectivity index (χ2v) is 5.53. The van der Waals surface area contributed by atoms with E-state index in [1.807, 2.05) is 12.1 Å². The number of halogens is 1. The summed E-state index contributed by atoms with van der Waals surface area (Å²) in [5, 5.41) is 9.54. The number of ether oxygens (including phenoxy) is 2. The predicted octanol–water partition coefficient (Wildman–Crippen LogP) is 3.01. The van der Waals surface area contributed by atoms with Gasteiger partial charge >= 0.3 is 5.97 Å². The van der Waals surface area contributed by atoms with Gasteiger partial charge in [0.2, 0.25) is 0 Å². The van der Waals surface area contributed by atoms with E-state index in [-0.39, 0.29) is 11.8 Å². The summed E-state index contributed by atoms with van der Waals surface area (Å²) in [6.45, 7) is 1.19. The van der Waals surface area contributed by atoms with Crippen molar-refractivity contribution in [1.82, 2.24) is 0 Å². The number of carbonyl (C=O) groups is 1. The zero-order valence-corrected chi connectivity index (χ0v) is 11.2. The van der Waals surface area contributed by atoms with Crippen LogP contribution in [0.15, 0.2) is 12.1 Å². The van der Waals surface area contributed by atoms with E-state index in [1.54, 1.807) is 0 Å². The average Bonchev–Trinajstić information content (AvgIpc) is 3.13. The standard InChI is InChI=1S/C14H15ClO4/c15-12-9(14(4-5-14)8-11(16)17)2-3-10-13(12)19-7-1-6-18-10/h2-3H,1,4-8H2,(H,16,17). The van der Waals surface area contributed by atoms with Crippen LogP contribution in [0.1, 0.15) is 31.2 Å². The first-order valence-electron chi connectivity index (χ1n) is 6.43. The van der Waals surface area contributed by atoms with Crippen LogP contribution in [0, 0.1) is 0 Å². The molecule has 1 fully saturated rings. The van der Waals surface area contributed by atoms with Crippen LogP contribution >= 0.6 is 11.6 Å². The molecule has 1 heterocycles. The average molecular weight is 283 g/mol. The molecule has 102 valence electrons. The van der Waals surface area contributed by atoms with Crippen LogP contribution in [-0.2, 0) is 10.2 Å². The van der Waals surface area contributed by atoms with E-state index in [0.717, 1.165) is 24.8 Å². The normalized spacial score (nSPS) is 19.6. The minimum atomic E-state index is -0.791. The third kappa shape index (κ3) is 2.25. The van der Waals surface area contributed by atoms with Gasteiger partial charge in [-0.15, -0.1) is 0 Å². The number of fused-ring (bicyclic) bond motifs is 1. The van der Waals surface area contributed by atoms with Gasteiger partial charge in [0.15, 0.2) is 11.5 Å². The van der Waals surface area contributed by atoms with Gasteiger partial charge in [0.25, 0.3) is 0 Å². The summed E-state index contributed by atoms with van der Waals surface area (Å²) in [6.07, 6.45) is 2.66. The van der Waals surface area contributed by atoms with Crippen LogP contribution in [0.25, 0.3) is 0 Å². The maximum absolute atomic E-state index is 11.0. The molecule has 0 radical (unpaired) electrons. The molecule has 0 unspecified atom stereocenters. The van der Waals surface area contributed by atoms with Crippen molar-refractivity contribution in [2.45, 2.75) is 31.1 Å². The quantitative estimate of drug-likeness (QED) is 0.926. The lowest BCUT2D eigenvalue weighted by Gasteiger charge is -2.18. The summed E-state index contributed by atoms with van der Waals surface area (Å²) in [5.74, 6) is 0.423. The fourth-order valence-corrected chi connectivity index (χ4v) is 3.00. The summed E-state index contributed by atoms with van der Waals surface area (Å²) in [6, 6.07) is 3.72. The van der Waals surface area contributed by atoms with Crippen molar-refractivity contribution < 1.29 is 19.4 Å². The summed E-state index contributed by atoms with van der Waals surface area (Å²) in [7, 11) is 0. The van der Waals surface area contributed by atoms with Crippen molar-refractivity contribution >= 4 is 17.6 Å². The molecular formula is C14H15ClO4. The first kappa shape index (κ1) is 12.6. The largest absolute Gasteiger partial charge is 0.490 e. The van der Waals surface area contributed by atoms with E-state index < -0.39 is 5.97 Å². The molecule has 1 aliphatic carbocycles. The Morgan fingerprint density at radius 1 is 1.32 bits per heavy atom. The molecule has 2 aliphatic rings. The number of carboxylic acids is 1. The molecule has 0 atom stereocenters. The number of hydrogen-bond donors (Lipinski definition) is 1. The fourth-order valence-electron chi connectivity index (χ4n) is 2.59. The zero-order valence-electron chi connectivity index (χ0n) is 10.4. The summed E-state index contributed by atoms with van der Waals surface area (Å²) in [5.41, 5.74) is 0.564. The molecule has 1 aromatic carbocycles. The Bertz CT molecular complexity index is 522. The SMILES string of the molecule is O=C(O)CC1(c2ccc3c(c2Cl)OCCCO3)CC1. The highest BCUT2D eigenvalue weighted by atomic mass is 35.5. The van der Waals surface area contributed by atoms with Gasteiger partial charge in [0.05, 0.1) is 24.7 Å². The Kier molecular flexibility index (Phi) is 3.05. The Balaban J connectivity index is 2.00. The van der Waals surface area contributed by atoms with Crippen molar-refractivity contribution in [3.8, 4) is 11.5 Å². The molecule has 1 N–H and O–H groups in total. The van der Waals surface area contributed by atoms with Gasteiger partial charge in [-0.3, -0.25) is 4.79 Å². The minimum absolute atomic E-state index is 0.117. The number of carboxylic acid groups (broad SMARTS) is 1. The molecule has 4 nitrogen and oxygen atoms in total. The van der Waals surface area contributed by atoms with Crippen LogP contribution in [0.5, 0.6) is 11.5 Å². The lowest BCUT2D eigenvalue weighted by Crippen LogP contribution is -2.14. The number of benzene rings is 1. The van der Waals surface area contributed by atoms with Gasteiger partial charge < -0.3 is 14.6 Å². The first-order valence-corrected chi connectivity index (χ1v) is 6.81. The topological polar surface area (TPSA) is 55.8 Å². The van der Waals surface area contributed by atoms with E-state index in [0.29, 0.717) is 29.7 Å². The van der Waals surface area contributed by atoms with Crippen LogP contribution in [0.4, 0.5) is 0 Å². The second kappa shape index (κ2) is 4.60. The molecule has 1 saturated carbocycles. The molecule has 0 aromatic heterocycles. The zero-order chi connectivity index (χ0) is 13.5. The van der Waals surface area contributed by atoms with E-state index in [1.165, 1.54) is 0 Å². The Hall–Kier alpha value is -1.42. The third-order valence-corrected chi connectivity index (χ3v) is 4.14. The first-order chi connectivity index (χ1) is 9.12. The smallest absolute Gasteiger partial charge is 0.304 e. The second-order valence-electron chi connectivity index (χ2n) is 5.16. The molecule has 19 heavy (non-hydrogen) atoms. The minimum Gasteiger partial charge on any atom is -0.490 e. The van der Waals surface area contributed by atoms with Crippen LogP contribution in [0.2, 0.25) is 5.02 Å². The van der Waals surface area contributed by atoms with E-state index in [9.17, 15) is 4.79 Å². The molecule has 0 amide bonds. The number of hydrogen-bond acceptors (Lipinski definition) is 3. The number of rotatable bonds is 3. The lowest BCUT2D eigenvalue weighted by molar-refractivity contribution is -0.137. The Morgan fingerprint density at radius 3 is 2.74 bits per heavy atom.